The van der Waals surface area contributed by atoms with E-state index in [4.69, 9.17) is 14.5 Å². The van der Waals surface area contributed by atoms with Crippen LogP contribution in [-0.2, 0) is 4.74 Å². The molecule has 26 heavy (non-hydrogen) atoms. The van der Waals surface area contributed by atoms with Gasteiger partial charge >= 0.3 is 0 Å². The van der Waals surface area contributed by atoms with E-state index >= 15 is 0 Å². The van der Waals surface area contributed by atoms with E-state index in [1.54, 1.807) is 19.4 Å². The Morgan fingerprint density at radius 1 is 1.12 bits per heavy atom. The van der Waals surface area contributed by atoms with E-state index in [1.807, 2.05) is 18.2 Å². The summed E-state index contributed by atoms with van der Waals surface area (Å²) in [7, 11) is 1.55. The second kappa shape index (κ2) is 8.83. The Morgan fingerprint density at radius 2 is 1.85 bits per heavy atom. The van der Waals surface area contributed by atoms with Crippen LogP contribution in [0.1, 0.15) is 24.1 Å². The number of quaternary nitrogens is 1. The molecule has 2 aromatic rings. The van der Waals surface area contributed by atoms with E-state index < -0.39 is 0 Å². The lowest BCUT2D eigenvalue weighted by Gasteiger charge is -2.33. The van der Waals surface area contributed by atoms with Crippen LogP contribution in [-0.4, -0.2) is 50.8 Å². The lowest BCUT2D eigenvalue weighted by molar-refractivity contribution is -0.940. The molecule has 1 heterocycles. The maximum Gasteiger partial charge on any atom is 0.166 e. The Kier molecular flexibility index (Phi) is 6.26. The average molecular weight is 355 g/mol. The maximum absolute atomic E-state index is 10.3. The molecule has 2 N–H and O–H groups in total. The number of nitrogens with zero attached hydrogens (tertiary/aromatic N) is 1. The number of phenolic OH excluding ortho intramolecular Hbond substituents is 1. The molecule has 2 aromatic carbocycles. The van der Waals surface area contributed by atoms with Crippen LogP contribution in [0.15, 0.2) is 53.5 Å². The number of ether oxygens (including phenoxy) is 2. The van der Waals surface area contributed by atoms with Crippen molar-refractivity contribution in [2.45, 2.75) is 19.0 Å². The van der Waals surface area contributed by atoms with E-state index in [9.17, 15) is 5.11 Å². The first-order valence-corrected chi connectivity index (χ1v) is 9.07. The Morgan fingerprint density at radius 3 is 2.54 bits per heavy atom. The van der Waals surface area contributed by atoms with E-state index in [1.165, 1.54) is 10.5 Å². The van der Waals surface area contributed by atoms with Gasteiger partial charge in [0.1, 0.15) is 25.2 Å². The number of phenols is 1. The summed E-state index contributed by atoms with van der Waals surface area (Å²) in [5.41, 5.74) is 1.95. The molecule has 2 atom stereocenters. The van der Waals surface area contributed by atoms with Gasteiger partial charge in [-0.3, -0.25) is 4.99 Å². The van der Waals surface area contributed by atoms with Gasteiger partial charge in [0.25, 0.3) is 0 Å². The topological polar surface area (TPSA) is 55.5 Å². The summed E-state index contributed by atoms with van der Waals surface area (Å²) >= 11 is 0. The van der Waals surface area contributed by atoms with Crippen LogP contribution in [0, 0.1) is 0 Å². The summed E-state index contributed by atoms with van der Waals surface area (Å²) in [6.07, 6.45) is 1.75. The van der Waals surface area contributed by atoms with E-state index in [2.05, 4.69) is 31.2 Å². The van der Waals surface area contributed by atoms with Crippen LogP contribution in [0.5, 0.6) is 11.5 Å². The van der Waals surface area contributed by atoms with Gasteiger partial charge in [-0.1, -0.05) is 36.4 Å². The number of rotatable bonds is 6. The average Bonchev–Trinajstić information content (AvgIpc) is 2.69. The fourth-order valence-corrected chi connectivity index (χ4v) is 3.55. The Hall–Kier alpha value is -2.37. The molecule has 0 unspecified atom stereocenters. The summed E-state index contributed by atoms with van der Waals surface area (Å²) in [4.78, 5) is 6.27. The third-order valence-electron chi connectivity index (χ3n) is 4.91. The van der Waals surface area contributed by atoms with Crippen molar-refractivity contribution in [3.05, 3.63) is 59.7 Å². The minimum absolute atomic E-state index is 0.0658. The lowest BCUT2D eigenvalue weighted by atomic mass is 9.98. The van der Waals surface area contributed by atoms with Gasteiger partial charge in [-0.2, -0.15) is 0 Å². The lowest BCUT2D eigenvalue weighted by Crippen LogP contribution is -3.15. The molecule has 0 bridgehead atoms. The van der Waals surface area contributed by atoms with Gasteiger partial charge < -0.3 is 19.5 Å². The second-order valence-electron chi connectivity index (χ2n) is 6.58. The van der Waals surface area contributed by atoms with E-state index in [0.717, 1.165) is 26.3 Å². The van der Waals surface area contributed by atoms with Gasteiger partial charge in [0.05, 0.1) is 20.3 Å². The van der Waals surface area contributed by atoms with Crippen LogP contribution in [0.25, 0.3) is 0 Å². The fourth-order valence-electron chi connectivity index (χ4n) is 3.55. The van der Waals surface area contributed by atoms with Gasteiger partial charge in [-0.05, 0) is 19.1 Å². The van der Waals surface area contributed by atoms with E-state index in [-0.39, 0.29) is 17.8 Å². The number of para-hydroxylation sites is 1. The zero-order chi connectivity index (χ0) is 18.4. The summed E-state index contributed by atoms with van der Waals surface area (Å²) in [6.45, 7) is 5.65. The predicted molar refractivity (Wildman–Crippen MR) is 102 cm³/mol. The quantitative estimate of drug-likeness (QED) is 0.778. The molecule has 0 radical (unpaired) electrons. The molecule has 1 aliphatic heterocycles. The number of morpholine rings is 1. The molecule has 0 saturated carbocycles. The highest BCUT2D eigenvalue weighted by Crippen LogP contribution is 2.28. The Balaban J connectivity index is 1.84. The summed E-state index contributed by atoms with van der Waals surface area (Å²) in [5, 5.41) is 10.3. The molecular formula is C21H27N2O3+. The molecule has 0 amide bonds. The zero-order valence-electron chi connectivity index (χ0n) is 15.4. The Bertz CT molecular complexity index is 727. The van der Waals surface area contributed by atoms with Gasteiger partial charge in [-0.25, -0.2) is 0 Å². The third-order valence-corrected chi connectivity index (χ3v) is 4.91. The van der Waals surface area contributed by atoms with Crippen LogP contribution < -0.4 is 9.64 Å². The molecule has 1 aliphatic rings. The van der Waals surface area contributed by atoms with Gasteiger partial charge in [-0.15, -0.1) is 0 Å². The molecule has 5 nitrogen and oxygen atoms in total. The van der Waals surface area contributed by atoms with Crippen molar-refractivity contribution < 1.29 is 19.5 Å². The maximum atomic E-state index is 10.3. The molecule has 3 rings (SSSR count). The highest BCUT2D eigenvalue weighted by molar-refractivity contribution is 5.84. The zero-order valence-corrected chi connectivity index (χ0v) is 15.4. The van der Waals surface area contributed by atoms with Crippen molar-refractivity contribution in [1.82, 2.24) is 0 Å². The molecule has 0 aromatic heterocycles. The highest BCUT2D eigenvalue weighted by Gasteiger charge is 2.30. The second-order valence-corrected chi connectivity index (χ2v) is 6.58. The van der Waals surface area contributed by atoms with Crippen LogP contribution in [0.3, 0.4) is 0 Å². The van der Waals surface area contributed by atoms with Crippen LogP contribution in [0.4, 0.5) is 0 Å². The highest BCUT2D eigenvalue weighted by atomic mass is 16.5. The standard InChI is InChI=1S/C21H26N2O3/c1-16(22-15-18-9-6-10-19(25-2)21(18)24)20(17-7-4-3-5-8-17)23-11-13-26-14-12-23/h3-10,15-16,20,24H,11-14H2,1-2H3/p+1/t16-,20-/m1/s1. The van der Waals surface area contributed by atoms with Gasteiger partial charge in [0.15, 0.2) is 11.5 Å². The fraction of sp³-hybridized carbons (Fsp3) is 0.381. The number of hydrogen-bond donors (Lipinski definition) is 2. The van der Waals surface area contributed by atoms with Crippen LogP contribution in [0.2, 0.25) is 0 Å². The minimum atomic E-state index is 0.0658. The molecule has 1 fully saturated rings. The SMILES string of the molecule is COc1cccc(C=N[C@H](C)[C@H](c2ccccc2)[NH+]2CCOCC2)c1O. The first-order chi connectivity index (χ1) is 12.7. The molecule has 1 saturated heterocycles. The van der Waals surface area contributed by atoms with Crippen LogP contribution >= 0.6 is 0 Å². The normalized spacial score (nSPS) is 17.9. The van der Waals surface area contributed by atoms with Crippen molar-refractivity contribution in [3.63, 3.8) is 0 Å². The largest absolute Gasteiger partial charge is 0.504 e. The smallest absolute Gasteiger partial charge is 0.166 e. The Labute approximate surface area is 154 Å². The van der Waals surface area contributed by atoms with Crippen molar-refractivity contribution >= 4 is 6.21 Å². The minimum Gasteiger partial charge on any atom is -0.504 e. The molecule has 0 spiro atoms. The molecular weight excluding hydrogens is 328 g/mol. The monoisotopic (exact) mass is 355 g/mol. The van der Waals surface area contributed by atoms with Crippen molar-refractivity contribution in [2.75, 3.05) is 33.4 Å². The number of aliphatic imine (C=N–C) groups is 1. The van der Waals surface area contributed by atoms with Crippen molar-refractivity contribution in [3.8, 4) is 11.5 Å². The summed E-state index contributed by atoms with van der Waals surface area (Å²) in [5.74, 6) is 0.584. The number of benzene rings is 2. The number of aromatic hydroxyl groups is 1. The summed E-state index contributed by atoms with van der Waals surface area (Å²) in [6, 6.07) is 16.3. The van der Waals surface area contributed by atoms with Gasteiger partial charge in [0, 0.05) is 17.3 Å². The van der Waals surface area contributed by atoms with E-state index in [0.29, 0.717) is 11.3 Å². The summed E-state index contributed by atoms with van der Waals surface area (Å²) < 4.78 is 10.7. The number of nitrogens with one attached hydrogen (secondary N) is 1. The first kappa shape index (κ1) is 18.4. The van der Waals surface area contributed by atoms with Crippen molar-refractivity contribution in [1.29, 1.82) is 0 Å². The molecule has 138 valence electrons. The number of methoxy groups -OCH3 is 1. The third kappa shape index (κ3) is 4.23. The molecule has 5 heteroatoms. The first-order valence-electron chi connectivity index (χ1n) is 9.07. The van der Waals surface area contributed by atoms with Crippen molar-refractivity contribution in [2.24, 2.45) is 4.99 Å². The predicted octanol–water partition coefficient (Wildman–Crippen LogP) is 1.86. The number of hydrogen-bond acceptors (Lipinski definition) is 4. The molecule has 0 aliphatic carbocycles. The van der Waals surface area contributed by atoms with Gasteiger partial charge in [0.2, 0.25) is 0 Å².